The molecule has 0 saturated heterocycles. The Hall–Kier alpha value is -1.39. The molecule has 1 aromatic carbocycles. The number of aryl methyl sites for hydroxylation is 1. The van der Waals surface area contributed by atoms with Crippen molar-refractivity contribution in [3.05, 3.63) is 45.9 Å². The fourth-order valence-corrected chi connectivity index (χ4v) is 3.81. The van der Waals surface area contributed by atoms with Gasteiger partial charge in [-0.1, -0.05) is 25.1 Å². The molecule has 0 saturated carbocycles. The molecule has 0 bridgehead atoms. The van der Waals surface area contributed by atoms with Crippen LogP contribution in [-0.4, -0.2) is 16.6 Å². The maximum Gasteiger partial charge on any atom is 0.0928 e. The summed E-state index contributed by atoms with van der Waals surface area (Å²) in [6.45, 7) is 4.01. The molecule has 2 heterocycles. The molecule has 1 aliphatic rings. The van der Waals surface area contributed by atoms with E-state index in [0.29, 0.717) is 0 Å². The summed E-state index contributed by atoms with van der Waals surface area (Å²) >= 11 is 1.76. The van der Waals surface area contributed by atoms with Gasteiger partial charge in [-0.25, -0.2) is 4.98 Å². The summed E-state index contributed by atoms with van der Waals surface area (Å²) in [5, 5.41) is 13.7. The number of aromatic nitrogens is 1. The lowest BCUT2D eigenvalue weighted by molar-refractivity contribution is 0.168. The van der Waals surface area contributed by atoms with Gasteiger partial charge >= 0.3 is 0 Å². The molecular weight excluding hydrogens is 280 g/mol. The number of fused-ring (bicyclic) bond motifs is 1. The molecule has 1 atom stereocenters. The van der Waals surface area contributed by atoms with Crippen molar-refractivity contribution in [2.24, 2.45) is 0 Å². The summed E-state index contributed by atoms with van der Waals surface area (Å²) < 4.78 is 0. The van der Waals surface area contributed by atoms with Gasteiger partial charge in [0.2, 0.25) is 0 Å². The van der Waals surface area contributed by atoms with E-state index in [-0.39, 0.29) is 6.10 Å². The Kier molecular flexibility index (Phi) is 4.56. The van der Waals surface area contributed by atoms with Crippen molar-refractivity contribution in [1.29, 1.82) is 0 Å². The van der Waals surface area contributed by atoms with Gasteiger partial charge in [0, 0.05) is 23.2 Å². The molecule has 1 aromatic heterocycles. The molecule has 1 unspecified atom stereocenters. The van der Waals surface area contributed by atoms with E-state index in [1.165, 1.54) is 5.01 Å². The lowest BCUT2D eigenvalue weighted by Crippen LogP contribution is -2.23. The van der Waals surface area contributed by atoms with Gasteiger partial charge in [-0.3, -0.25) is 0 Å². The van der Waals surface area contributed by atoms with Crippen LogP contribution in [0.4, 0.5) is 5.69 Å². The first-order chi connectivity index (χ1) is 10.3. The van der Waals surface area contributed by atoms with E-state index in [0.717, 1.165) is 55.7 Å². The van der Waals surface area contributed by atoms with Crippen LogP contribution in [-0.2, 0) is 13.0 Å². The second-order valence-corrected chi connectivity index (χ2v) is 6.56. The van der Waals surface area contributed by atoms with E-state index in [9.17, 15) is 5.11 Å². The van der Waals surface area contributed by atoms with Gasteiger partial charge in [-0.05, 0) is 31.7 Å². The molecule has 0 spiro atoms. The highest BCUT2D eigenvalue weighted by atomic mass is 32.1. The number of aliphatic hydroxyl groups is 1. The SMILES string of the molecule is CCCc1nc(CN2CCCC(O)c3ccccc32)cs1. The molecular formula is C17H22N2OS. The number of anilines is 1. The second-order valence-electron chi connectivity index (χ2n) is 5.62. The number of hydrogen-bond acceptors (Lipinski definition) is 4. The van der Waals surface area contributed by atoms with Crippen LogP contribution in [0.15, 0.2) is 29.6 Å². The summed E-state index contributed by atoms with van der Waals surface area (Å²) in [5.74, 6) is 0. The van der Waals surface area contributed by atoms with Crippen LogP contribution in [0.25, 0.3) is 0 Å². The highest BCUT2D eigenvalue weighted by Gasteiger charge is 2.21. The first-order valence-electron chi connectivity index (χ1n) is 7.73. The van der Waals surface area contributed by atoms with Crippen molar-refractivity contribution < 1.29 is 5.11 Å². The van der Waals surface area contributed by atoms with Crippen molar-refractivity contribution >= 4 is 17.0 Å². The fraction of sp³-hybridized carbons (Fsp3) is 0.471. The summed E-state index contributed by atoms with van der Waals surface area (Å²) in [6.07, 6.45) is 3.73. The third-order valence-electron chi connectivity index (χ3n) is 3.96. The zero-order valence-corrected chi connectivity index (χ0v) is 13.3. The summed E-state index contributed by atoms with van der Waals surface area (Å²) in [4.78, 5) is 7.09. The minimum Gasteiger partial charge on any atom is -0.388 e. The van der Waals surface area contributed by atoms with Gasteiger partial charge < -0.3 is 10.0 Å². The molecule has 4 heteroatoms. The number of rotatable bonds is 4. The van der Waals surface area contributed by atoms with Crippen LogP contribution in [0.3, 0.4) is 0 Å². The van der Waals surface area contributed by atoms with Gasteiger partial charge in [0.15, 0.2) is 0 Å². The smallest absolute Gasteiger partial charge is 0.0928 e. The molecule has 0 radical (unpaired) electrons. The van der Waals surface area contributed by atoms with E-state index in [1.807, 2.05) is 18.2 Å². The number of thiazole rings is 1. The molecule has 1 N–H and O–H groups in total. The van der Waals surface area contributed by atoms with Gasteiger partial charge in [-0.15, -0.1) is 11.3 Å². The maximum absolute atomic E-state index is 10.3. The first kappa shape index (κ1) is 14.5. The Balaban J connectivity index is 1.82. The van der Waals surface area contributed by atoms with E-state index in [2.05, 4.69) is 23.3 Å². The quantitative estimate of drug-likeness (QED) is 0.929. The Morgan fingerprint density at radius 1 is 1.38 bits per heavy atom. The number of aliphatic hydroxyl groups excluding tert-OH is 1. The van der Waals surface area contributed by atoms with Crippen molar-refractivity contribution in [2.45, 2.75) is 45.3 Å². The lowest BCUT2D eigenvalue weighted by atomic mass is 10.0. The maximum atomic E-state index is 10.3. The van der Waals surface area contributed by atoms with Crippen molar-refractivity contribution in [1.82, 2.24) is 4.98 Å². The predicted molar refractivity (Wildman–Crippen MR) is 87.8 cm³/mol. The van der Waals surface area contributed by atoms with Gasteiger partial charge in [0.1, 0.15) is 0 Å². The number of nitrogens with zero attached hydrogens (tertiary/aromatic N) is 2. The van der Waals surface area contributed by atoms with E-state index in [1.54, 1.807) is 11.3 Å². The highest BCUT2D eigenvalue weighted by molar-refractivity contribution is 7.09. The molecule has 112 valence electrons. The summed E-state index contributed by atoms with van der Waals surface area (Å²) in [7, 11) is 0. The first-order valence-corrected chi connectivity index (χ1v) is 8.61. The molecule has 1 aliphatic heterocycles. The number of para-hydroxylation sites is 1. The van der Waals surface area contributed by atoms with E-state index < -0.39 is 0 Å². The predicted octanol–water partition coefficient (Wildman–Crippen LogP) is 3.93. The zero-order chi connectivity index (χ0) is 14.7. The Morgan fingerprint density at radius 3 is 3.10 bits per heavy atom. The topological polar surface area (TPSA) is 36.4 Å². The van der Waals surface area contributed by atoms with Crippen LogP contribution in [0, 0.1) is 0 Å². The summed E-state index contributed by atoms with van der Waals surface area (Å²) in [5.41, 5.74) is 3.36. The Labute approximate surface area is 130 Å². The normalized spacial score (nSPS) is 18.4. The molecule has 0 fully saturated rings. The van der Waals surface area contributed by atoms with Crippen LogP contribution in [0.5, 0.6) is 0 Å². The third-order valence-corrected chi connectivity index (χ3v) is 4.92. The van der Waals surface area contributed by atoms with E-state index in [4.69, 9.17) is 4.98 Å². The Morgan fingerprint density at radius 2 is 2.24 bits per heavy atom. The van der Waals surface area contributed by atoms with Crippen LogP contribution in [0.2, 0.25) is 0 Å². The minimum absolute atomic E-state index is 0.336. The Bertz CT molecular complexity index is 596. The van der Waals surface area contributed by atoms with Gasteiger partial charge in [0.05, 0.1) is 23.4 Å². The largest absolute Gasteiger partial charge is 0.388 e. The van der Waals surface area contributed by atoms with Gasteiger partial charge in [0.25, 0.3) is 0 Å². The monoisotopic (exact) mass is 302 g/mol. The van der Waals surface area contributed by atoms with Crippen LogP contribution < -0.4 is 4.90 Å². The summed E-state index contributed by atoms with van der Waals surface area (Å²) in [6, 6.07) is 8.21. The van der Waals surface area contributed by atoms with Crippen LogP contribution in [0.1, 0.15) is 48.6 Å². The second kappa shape index (κ2) is 6.58. The molecule has 3 nitrogen and oxygen atoms in total. The lowest BCUT2D eigenvalue weighted by Gasteiger charge is -2.24. The van der Waals surface area contributed by atoms with Crippen molar-refractivity contribution in [2.75, 3.05) is 11.4 Å². The van der Waals surface area contributed by atoms with Crippen LogP contribution >= 0.6 is 11.3 Å². The average molecular weight is 302 g/mol. The minimum atomic E-state index is -0.336. The highest BCUT2D eigenvalue weighted by Crippen LogP contribution is 2.33. The van der Waals surface area contributed by atoms with E-state index >= 15 is 0 Å². The average Bonchev–Trinajstić information content (AvgIpc) is 2.87. The van der Waals surface area contributed by atoms with Crippen molar-refractivity contribution in [3.8, 4) is 0 Å². The molecule has 2 aromatic rings. The molecule has 21 heavy (non-hydrogen) atoms. The molecule has 0 aliphatic carbocycles. The van der Waals surface area contributed by atoms with Crippen molar-refractivity contribution in [3.63, 3.8) is 0 Å². The fourth-order valence-electron chi connectivity index (χ4n) is 2.92. The standard InChI is InChI=1S/C17H22N2OS/c1-2-6-17-18-13(12-21-17)11-19-10-5-9-16(20)14-7-3-4-8-15(14)19/h3-4,7-8,12,16,20H,2,5-6,9-11H2,1H3. The number of benzene rings is 1. The molecule has 0 amide bonds. The number of hydrogen-bond donors (Lipinski definition) is 1. The molecule has 3 rings (SSSR count). The third kappa shape index (κ3) is 3.27. The van der Waals surface area contributed by atoms with Gasteiger partial charge in [-0.2, -0.15) is 0 Å². The zero-order valence-electron chi connectivity index (χ0n) is 12.5.